The van der Waals surface area contributed by atoms with E-state index in [1.54, 1.807) is 0 Å². The van der Waals surface area contributed by atoms with Crippen molar-refractivity contribution in [2.75, 3.05) is 19.8 Å². The van der Waals surface area contributed by atoms with Gasteiger partial charge in [-0.1, -0.05) is 6.42 Å². The van der Waals surface area contributed by atoms with Crippen LogP contribution in [-0.2, 0) is 4.74 Å². The van der Waals surface area contributed by atoms with Gasteiger partial charge in [0, 0.05) is 19.2 Å². The van der Waals surface area contributed by atoms with Gasteiger partial charge in [-0.3, -0.25) is 0 Å². The Kier molecular flexibility index (Phi) is 2.97. The van der Waals surface area contributed by atoms with E-state index >= 15 is 0 Å². The highest BCUT2D eigenvalue weighted by Gasteiger charge is 2.48. The second-order valence-corrected chi connectivity index (χ2v) is 6.28. The Morgan fingerprint density at radius 3 is 2.62 bits per heavy atom. The van der Waals surface area contributed by atoms with Gasteiger partial charge in [0.15, 0.2) is 0 Å². The van der Waals surface area contributed by atoms with Gasteiger partial charge in [0.25, 0.3) is 0 Å². The van der Waals surface area contributed by atoms with Crippen LogP contribution in [0.2, 0.25) is 0 Å². The van der Waals surface area contributed by atoms with E-state index in [9.17, 15) is 0 Å². The summed E-state index contributed by atoms with van der Waals surface area (Å²) in [6.07, 6.45) is 8.70. The lowest BCUT2D eigenvalue weighted by molar-refractivity contribution is 0.0902. The van der Waals surface area contributed by atoms with Gasteiger partial charge in [0.05, 0.1) is 6.61 Å². The first-order valence-electron chi connectivity index (χ1n) is 7.11. The minimum atomic E-state index is 0.652. The topological polar surface area (TPSA) is 21.3 Å². The summed E-state index contributed by atoms with van der Waals surface area (Å²) in [4.78, 5) is 0. The fourth-order valence-electron chi connectivity index (χ4n) is 3.53. The van der Waals surface area contributed by atoms with Crippen molar-refractivity contribution in [1.82, 2.24) is 5.32 Å². The predicted molar refractivity (Wildman–Crippen MR) is 65.4 cm³/mol. The number of rotatable bonds is 5. The Bertz CT molecular complexity index is 239. The highest BCUT2D eigenvalue weighted by atomic mass is 16.5. The van der Waals surface area contributed by atoms with Crippen molar-refractivity contribution in [2.24, 2.45) is 17.3 Å². The third kappa shape index (κ3) is 2.02. The lowest BCUT2D eigenvalue weighted by Gasteiger charge is -2.44. The maximum absolute atomic E-state index is 5.47. The second kappa shape index (κ2) is 4.30. The van der Waals surface area contributed by atoms with Crippen molar-refractivity contribution in [3.05, 3.63) is 0 Å². The molecule has 1 N–H and O–H groups in total. The molecule has 3 fully saturated rings. The SMILES string of the molecule is CC(NCC1(C2CC2)CCC1)C1CCOC1. The molecule has 2 unspecified atom stereocenters. The summed E-state index contributed by atoms with van der Waals surface area (Å²) in [5.74, 6) is 1.83. The van der Waals surface area contributed by atoms with E-state index in [0.717, 1.165) is 25.0 Å². The molecule has 3 rings (SSSR count). The van der Waals surface area contributed by atoms with Gasteiger partial charge in [-0.15, -0.1) is 0 Å². The molecule has 0 amide bonds. The van der Waals surface area contributed by atoms with E-state index in [0.29, 0.717) is 11.5 Å². The Hall–Kier alpha value is -0.0800. The average molecular weight is 223 g/mol. The lowest BCUT2D eigenvalue weighted by atomic mass is 9.65. The Morgan fingerprint density at radius 1 is 1.31 bits per heavy atom. The van der Waals surface area contributed by atoms with E-state index in [-0.39, 0.29) is 0 Å². The van der Waals surface area contributed by atoms with Crippen molar-refractivity contribution in [2.45, 2.75) is 51.5 Å². The van der Waals surface area contributed by atoms with Crippen LogP contribution < -0.4 is 5.32 Å². The van der Waals surface area contributed by atoms with Gasteiger partial charge in [-0.25, -0.2) is 0 Å². The van der Waals surface area contributed by atoms with Crippen LogP contribution in [-0.4, -0.2) is 25.8 Å². The molecule has 2 heteroatoms. The Labute approximate surface area is 99.1 Å². The van der Waals surface area contributed by atoms with Crippen molar-refractivity contribution >= 4 is 0 Å². The molecule has 2 nitrogen and oxygen atoms in total. The van der Waals surface area contributed by atoms with Gasteiger partial charge in [-0.2, -0.15) is 0 Å². The van der Waals surface area contributed by atoms with E-state index in [2.05, 4.69) is 12.2 Å². The van der Waals surface area contributed by atoms with Crippen molar-refractivity contribution in [3.8, 4) is 0 Å². The van der Waals surface area contributed by atoms with E-state index < -0.39 is 0 Å². The average Bonchev–Trinajstić information content (AvgIpc) is 2.92. The molecule has 92 valence electrons. The summed E-state index contributed by atoms with van der Waals surface area (Å²) in [5, 5.41) is 3.81. The second-order valence-electron chi connectivity index (χ2n) is 6.28. The lowest BCUT2D eigenvalue weighted by Crippen LogP contribution is -2.46. The van der Waals surface area contributed by atoms with E-state index in [1.165, 1.54) is 45.1 Å². The zero-order chi connectivity index (χ0) is 11.0. The fourth-order valence-corrected chi connectivity index (χ4v) is 3.53. The quantitative estimate of drug-likeness (QED) is 0.773. The number of hydrogen-bond acceptors (Lipinski definition) is 2. The molecular formula is C14H25NO. The minimum Gasteiger partial charge on any atom is -0.381 e. The third-order valence-corrected chi connectivity index (χ3v) is 5.24. The summed E-state index contributed by atoms with van der Waals surface area (Å²) in [7, 11) is 0. The molecule has 3 aliphatic rings. The minimum absolute atomic E-state index is 0.652. The molecule has 0 aromatic heterocycles. The number of hydrogen-bond donors (Lipinski definition) is 1. The van der Waals surface area contributed by atoms with Crippen molar-refractivity contribution < 1.29 is 4.74 Å². The third-order valence-electron chi connectivity index (χ3n) is 5.24. The molecule has 0 spiro atoms. The van der Waals surface area contributed by atoms with Gasteiger partial charge in [-0.05, 0) is 56.3 Å². The molecule has 0 aromatic carbocycles. The Balaban J connectivity index is 1.47. The predicted octanol–water partition coefficient (Wildman–Crippen LogP) is 2.58. The maximum Gasteiger partial charge on any atom is 0.0509 e. The summed E-state index contributed by atoms with van der Waals surface area (Å²) < 4.78 is 5.47. The van der Waals surface area contributed by atoms with Gasteiger partial charge >= 0.3 is 0 Å². The molecule has 2 aliphatic carbocycles. The maximum atomic E-state index is 5.47. The molecule has 2 saturated carbocycles. The number of ether oxygens (including phenoxy) is 1. The van der Waals surface area contributed by atoms with Crippen LogP contribution in [0.3, 0.4) is 0 Å². The van der Waals surface area contributed by atoms with E-state index in [4.69, 9.17) is 4.74 Å². The van der Waals surface area contributed by atoms with Gasteiger partial charge in [0.1, 0.15) is 0 Å². The summed E-state index contributed by atoms with van der Waals surface area (Å²) in [6, 6.07) is 0.652. The van der Waals surface area contributed by atoms with E-state index in [1.807, 2.05) is 0 Å². The summed E-state index contributed by atoms with van der Waals surface area (Å²) >= 11 is 0. The van der Waals surface area contributed by atoms with Crippen LogP contribution in [0.15, 0.2) is 0 Å². The van der Waals surface area contributed by atoms with Gasteiger partial charge < -0.3 is 10.1 Å². The molecule has 0 radical (unpaired) electrons. The zero-order valence-corrected chi connectivity index (χ0v) is 10.5. The van der Waals surface area contributed by atoms with Crippen LogP contribution in [0.5, 0.6) is 0 Å². The first-order chi connectivity index (χ1) is 7.80. The zero-order valence-electron chi connectivity index (χ0n) is 10.5. The highest BCUT2D eigenvalue weighted by molar-refractivity contribution is 5.01. The molecule has 1 saturated heterocycles. The van der Waals surface area contributed by atoms with Gasteiger partial charge in [0.2, 0.25) is 0 Å². The molecule has 1 heterocycles. The largest absolute Gasteiger partial charge is 0.381 e. The van der Waals surface area contributed by atoms with Crippen LogP contribution in [0, 0.1) is 17.3 Å². The first-order valence-corrected chi connectivity index (χ1v) is 7.11. The molecular weight excluding hydrogens is 198 g/mol. The smallest absolute Gasteiger partial charge is 0.0509 e. The van der Waals surface area contributed by atoms with Crippen molar-refractivity contribution in [1.29, 1.82) is 0 Å². The normalized spacial score (nSPS) is 34.7. The van der Waals surface area contributed by atoms with Crippen LogP contribution in [0.25, 0.3) is 0 Å². The summed E-state index contributed by atoms with van der Waals surface area (Å²) in [6.45, 7) is 5.57. The monoisotopic (exact) mass is 223 g/mol. The van der Waals surface area contributed by atoms with Crippen LogP contribution in [0.1, 0.15) is 45.4 Å². The van der Waals surface area contributed by atoms with Crippen molar-refractivity contribution in [3.63, 3.8) is 0 Å². The summed E-state index contributed by atoms with van der Waals surface area (Å²) in [5.41, 5.74) is 0.716. The molecule has 0 aromatic rings. The molecule has 0 bridgehead atoms. The highest BCUT2D eigenvalue weighted by Crippen LogP contribution is 2.56. The standard InChI is InChI=1S/C14H25NO/c1-11(12-5-8-16-9-12)15-10-14(6-2-7-14)13-3-4-13/h11-13,15H,2-10H2,1H3. The number of nitrogens with one attached hydrogen (secondary N) is 1. The Morgan fingerprint density at radius 2 is 2.12 bits per heavy atom. The van der Waals surface area contributed by atoms with Crippen LogP contribution >= 0.6 is 0 Å². The fraction of sp³-hybridized carbons (Fsp3) is 1.00. The molecule has 2 atom stereocenters. The molecule has 16 heavy (non-hydrogen) atoms. The molecule has 1 aliphatic heterocycles. The first kappa shape index (κ1) is 11.0. The van der Waals surface area contributed by atoms with Crippen LogP contribution in [0.4, 0.5) is 0 Å².